The molecule has 0 amide bonds. The molecule has 4 rings (SSSR count). The fourth-order valence-electron chi connectivity index (χ4n) is 3.96. The van der Waals surface area contributed by atoms with Gasteiger partial charge in [0.05, 0.1) is 12.6 Å². The minimum absolute atomic E-state index is 0.371. The van der Waals surface area contributed by atoms with Crippen LogP contribution in [-0.4, -0.2) is 36.3 Å². The molecule has 1 aliphatic rings. The van der Waals surface area contributed by atoms with Crippen LogP contribution in [0, 0.1) is 13.8 Å². The highest BCUT2D eigenvalue weighted by molar-refractivity contribution is 7.80. The Bertz CT molecular complexity index is 1040. The second-order valence-corrected chi connectivity index (χ2v) is 8.30. The summed E-state index contributed by atoms with van der Waals surface area (Å²) in [5.74, 6) is 0.860. The van der Waals surface area contributed by atoms with Gasteiger partial charge in [-0.15, -0.1) is 0 Å². The van der Waals surface area contributed by atoms with Crippen molar-refractivity contribution in [2.75, 3.05) is 30.4 Å². The number of rotatable bonds is 4. The average molecular weight is 421 g/mol. The van der Waals surface area contributed by atoms with Crippen LogP contribution in [-0.2, 0) is 0 Å². The number of nitrogens with one attached hydrogen (secondary N) is 2. The molecule has 156 valence electrons. The smallest absolute Gasteiger partial charge is 0.170 e. The maximum atomic E-state index is 5.52. The lowest BCUT2D eigenvalue weighted by Crippen LogP contribution is -2.46. The number of aryl methyl sites for hydroxylation is 2. The summed E-state index contributed by atoms with van der Waals surface area (Å²) in [5.41, 5.74) is 5.53. The van der Waals surface area contributed by atoms with Gasteiger partial charge in [-0.25, -0.2) is 0 Å². The van der Waals surface area contributed by atoms with Crippen molar-refractivity contribution in [2.24, 2.45) is 0 Å². The summed E-state index contributed by atoms with van der Waals surface area (Å²) in [6.45, 7) is 6.08. The second kappa shape index (κ2) is 8.88. The van der Waals surface area contributed by atoms with Gasteiger partial charge in [0.25, 0.3) is 0 Å². The van der Waals surface area contributed by atoms with Crippen molar-refractivity contribution in [1.29, 1.82) is 0 Å². The van der Waals surface area contributed by atoms with Crippen LogP contribution < -0.4 is 20.3 Å². The minimum atomic E-state index is 0.371. The maximum Gasteiger partial charge on any atom is 0.170 e. The number of nitrogens with zero attached hydrogens (tertiary/aromatic N) is 2. The first-order chi connectivity index (χ1) is 14.5. The van der Waals surface area contributed by atoms with Crippen molar-refractivity contribution < 1.29 is 4.74 Å². The van der Waals surface area contributed by atoms with E-state index >= 15 is 0 Å². The summed E-state index contributed by atoms with van der Waals surface area (Å²) in [6, 6.07) is 16.9. The van der Waals surface area contributed by atoms with Gasteiger partial charge in [-0.3, -0.25) is 4.98 Å². The van der Waals surface area contributed by atoms with E-state index in [0.29, 0.717) is 11.2 Å². The van der Waals surface area contributed by atoms with Gasteiger partial charge >= 0.3 is 0 Å². The predicted octanol–water partition coefficient (Wildman–Crippen LogP) is 4.82. The van der Waals surface area contributed by atoms with Gasteiger partial charge in [0.15, 0.2) is 5.11 Å². The summed E-state index contributed by atoms with van der Waals surface area (Å²) in [4.78, 5) is 7.14. The Morgan fingerprint density at radius 2 is 1.80 bits per heavy atom. The number of benzene rings is 2. The first-order valence-corrected chi connectivity index (χ1v) is 10.8. The van der Waals surface area contributed by atoms with E-state index in [-0.39, 0.29) is 0 Å². The number of fused-ring (bicyclic) bond motifs is 1. The molecule has 3 aromatic rings. The monoisotopic (exact) mass is 420 g/mol. The maximum absolute atomic E-state index is 5.52. The molecule has 0 saturated carbocycles. The molecule has 1 saturated heterocycles. The first kappa shape index (κ1) is 20.4. The molecule has 0 atom stereocenters. The zero-order valence-electron chi connectivity index (χ0n) is 17.7. The van der Waals surface area contributed by atoms with Crippen molar-refractivity contribution >= 4 is 39.6 Å². The Balaban J connectivity index is 1.41. The lowest BCUT2D eigenvalue weighted by Gasteiger charge is -2.35. The number of piperidine rings is 1. The molecule has 1 aromatic heterocycles. The van der Waals surface area contributed by atoms with E-state index in [0.717, 1.165) is 54.0 Å². The molecule has 0 aliphatic carbocycles. The van der Waals surface area contributed by atoms with E-state index in [1.807, 2.05) is 12.1 Å². The highest BCUT2D eigenvalue weighted by Crippen LogP contribution is 2.31. The number of thiocarbonyl (C=S) groups is 1. The van der Waals surface area contributed by atoms with Gasteiger partial charge in [0.2, 0.25) is 0 Å². The summed E-state index contributed by atoms with van der Waals surface area (Å²) in [7, 11) is 1.70. The summed E-state index contributed by atoms with van der Waals surface area (Å²) in [6.07, 6.45) is 2.06. The molecule has 0 radical (unpaired) electrons. The van der Waals surface area contributed by atoms with Crippen LogP contribution in [0.4, 0.5) is 11.4 Å². The van der Waals surface area contributed by atoms with E-state index in [4.69, 9.17) is 17.0 Å². The van der Waals surface area contributed by atoms with Crippen molar-refractivity contribution in [1.82, 2.24) is 10.3 Å². The van der Waals surface area contributed by atoms with E-state index < -0.39 is 0 Å². The van der Waals surface area contributed by atoms with E-state index in [2.05, 4.69) is 70.8 Å². The van der Waals surface area contributed by atoms with E-state index in [1.165, 1.54) is 11.3 Å². The summed E-state index contributed by atoms with van der Waals surface area (Å²) in [5, 5.41) is 8.60. The van der Waals surface area contributed by atoms with Crippen molar-refractivity contribution in [3.63, 3.8) is 0 Å². The molecule has 6 heteroatoms. The Kier molecular flexibility index (Phi) is 6.04. The van der Waals surface area contributed by atoms with Gasteiger partial charge in [-0.2, -0.15) is 0 Å². The molecule has 0 bridgehead atoms. The predicted molar refractivity (Wildman–Crippen MR) is 129 cm³/mol. The number of anilines is 2. The Labute approximate surface area is 183 Å². The van der Waals surface area contributed by atoms with Crippen LogP contribution in [0.5, 0.6) is 5.75 Å². The SMILES string of the molecule is COc1ccc2nc(C)cc(N3CCC(NC(=S)Nc4ccc(C)cc4)CC3)c2c1. The van der Waals surface area contributed by atoms with Crippen LogP contribution >= 0.6 is 12.2 Å². The van der Waals surface area contributed by atoms with Crippen molar-refractivity contribution in [2.45, 2.75) is 32.7 Å². The van der Waals surface area contributed by atoms with Crippen LogP contribution in [0.2, 0.25) is 0 Å². The topological polar surface area (TPSA) is 49.4 Å². The molecule has 0 unspecified atom stereocenters. The Morgan fingerprint density at radius 3 is 2.50 bits per heavy atom. The van der Waals surface area contributed by atoms with Crippen LogP contribution in [0.1, 0.15) is 24.1 Å². The number of pyridine rings is 1. The highest BCUT2D eigenvalue weighted by Gasteiger charge is 2.22. The largest absolute Gasteiger partial charge is 0.497 e. The highest BCUT2D eigenvalue weighted by atomic mass is 32.1. The molecule has 2 N–H and O–H groups in total. The van der Waals surface area contributed by atoms with Gasteiger partial charge < -0.3 is 20.3 Å². The number of aromatic nitrogens is 1. The fraction of sp³-hybridized carbons (Fsp3) is 0.333. The minimum Gasteiger partial charge on any atom is -0.497 e. The molecule has 30 heavy (non-hydrogen) atoms. The van der Waals surface area contributed by atoms with Gasteiger partial charge in [-0.05, 0) is 75.3 Å². The summed E-state index contributed by atoms with van der Waals surface area (Å²) < 4.78 is 5.43. The third kappa shape index (κ3) is 4.65. The molecular formula is C24H28N4OS. The zero-order valence-corrected chi connectivity index (χ0v) is 18.6. The fourth-order valence-corrected chi connectivity index (χ4v) is 4.24. The molecule has 1 aliphatic heterocycles. The zero-order chi connectivity index (χ0) is 21.1. The standard InChI is InChI=1S/C24H28N4OS/c1-16-4-6-18(7-5-16)26-24(30)27-19-10-12-28(13-11-19)23-14-17(2)25-22-9-8-20(29-3)15-21(22)23/h4-9,14-15,19H,10-13H2,1-3H3,(H2,26,27,30). The van der Waals surface area contributed by atoms with Gasteiger partial charge in [-0.1, -0.05) is 17.7 Å². The third-order valence-electron chi connectivity index (χ3n) is 5.60. The van der Waals surface area contributed by atoms with Crippen LogP contribution in [0.25, 0.3) is 10.9 Å². The Hall–Kier alpha value is -2.86. The molecule has 2 aromatic carbocycles. The first-order valence-electron chi connectivity index (χ1n) is 10.4. The normalized spacial score (nSPS) is 14.6. The summed E-state index contributed by atoms with van der Waals surface area (Å²) >= 11 is 5.52. The van der Waals surface area contributed by atoms with E-state index in [1.54, 1.807) is 7.11 Å². The van der Waals surface area contributed by atoms with Gasteiger partial charge in [0, 0.05) is 41.6 Å². The van der Waals surface area contributed by atoms with Crippen LogP contribution in [0.15, 0.2) is 48.5 Å². The molecule has 0 spiro atoms. The third-order valence-corrected chi connectivity index (χ3v) is 5.82. The average Bonchev–Trinajstić information content (AvgIpc) is 2.75. The quantitative estimate of drug-likeness (QED) is 0.591. The van der Waals surface area contributed by atoms with Crippen LogP contribution in [0.3, 0.4) is 0 Å². The lowest BCUT2D eigenvalue weighted by molar-refractivity contribution is 0.415. The number of ether oxygens (including phenoxy) is 1. The number of hydrogen-bond donors (Lipinski definition) is 2. The Morgan fingerprint density at radius 1 is 1.07 bits per heavy atom. The number of hydrogen-bond acceptors (Lipinski definition) is 4. The lowest BCUT2D eigenvalue weighted by atomic mass is 10.0. The van der Waals surface area contributed by atoms with Crippen molar-refractivity contribution in [3.8, 4) is 5.75 Å². The molecule has 2 heterocycles. The second-order valence-electron chi connectivity index (χ2n) is 7.89. The van der Waals surface area contributed by atoms with Crippen molar-refractivity contribution in [3.05, 3.63) is 59.8 Å². The van der Waals surface area contributed by atoms with E-state index in [9.17, 15) is 0 Å². The van der Waals surface area contributed by atoms with Gasteiger partial charge in [0.1, 0.15) is 5.75 Å². The number of methoxy groups -OCH3 is 1. The molecular weight excluding hydrogens is 392 g/mol. The molecule has 5 nitrogen and oxygen atoms in total. The molecule has 1 fully saturated rings.